The van der Waals surface area contributed by atoms with Crippen molar-refractivity contribution >= 4 is 11.6 Å². The van der Waals surface area contributed by atoms with E-state index in [-0.39, 0.29) is 11.8 Å². The lowest BCUT2D eigenvalue weighted by atomic mass is 9.98. The Morgan fingerprint density at radius 2 is 1.68 bits per heavy atom. The van der Waals surface area contributed by atoms with Crippen LogP contribution in [0.25, 0.3) is 0 Å². The topological polar surface area (TPSA) is 56.8 Å². The number of hydrogen-bond acceptors (Lipinski definition) is 4. The highest BCUT2D eigenvalue weighted by Crippen LogP contribution is 2.40. The maximum Gasteiger partial charge on any atom is 0.227 e. The van der Waals surface area contributed by atoms with Gasteiger partial charge in [-0.05, 0) is 12.8 Å². The Balaban J connectivity index is 2.94. The molecule has 124 valence electrons. The molecule has 1 rings (SSSR count). The van der Waals surface area contributed by atoms with Crippen molar-refractivity contribution in [2.24, 2.45) is 5.92 Å². The Kier molecular flexibility index (Phi) is 7.57. The van der Waals surface area contributed by atoms with Crippen molar-refractivity contribution in [2.75, 3.05) is 26.6 Å². The van der Waals surface area contributed by atoms with Crippen molar-refractivity contribution in [1.82, 2.24) is 0 Å². The average molecular weight is 309 g/mol. The molecule has 0 fully saturated rings. The Labute approximate surface area is 132 Å². The molecule has 1 unspecified atom stereocenters. The molecule has 0 heterocycles. The highest BCUT2D eigenvalue weighted by molar-refractivity contribution is 5.93. The van der Waals surface area contributed by atoms with Crippen molar-refractivity contribution in [3.63, 3.8) is 0 Å². The van der Waals surface area contributed by atoms with Gasteiger partial charge in [-0.2, -0.15) is 0 Å². The van der Waals surface area contributed by atoms with Gasteiger partial charge in [0.25, 0.3) is 0 Å². The molecule has 0 aliphatic carbocycles. The zero-order valence-corrected chi connectivity index (χ0v) is 14.2. The maximum absolute atomic E-state index is 12.4. The van der Waals surface area contributed by atoms with E-state index in [1.165, 1.54) is 0 Å². The van der Waals surface area contributed by atoms with Crippen molar-refractivity contribution < 1.29 is 19.0 Å². The zero-order chi connectivity index (χ0) is 16.5. The van der Waals surface area contributed by atoms with Gasteiger partial charge >= 0.3 is 0 Å². The molecule has 5 nitrogen and oxygen atoms in total. The predicted molar refractivity (Wildman–Crippen MR) is 88.0 cm³/mol. The molecule has 1 atom stereocenters. The summed E-state index contributed by atoms with van der Waals surface area (Å²) in [4.78, 5) is 12.4. The number of carbonyl (C=O) groups is 1. The third-order valence-corrected chi connectivity index (χ3v) is 3.70. The lowest BCUT2D eigenvalue weighted by Crippen LogP contribution is -2.22. The first-order chi connectivity index (χ1) is 10.6. The van der Waals surface area contributed by atoms with Crippen LogP contribution in [0.3, 0.4) is 0 Å². The van der Waals surface area contributed by atoms with Crippen LogP contribution in [0, 0.1) is 5.92 Å². The summed E-state index contributed by atoms with van der Waals surface area (Å²) < 4.78 is 15.9. The predicted octanol–water partition coefficient (Wildman–Crippen LogP) is 3.87. The molecule has 0 radical (unpaired) electrons. The van der Waals surface area contributed by atoms with Crippen LogP contribution in [0.15, 0.2) is 12.1 Å². The summed E-state index contributed by atoms with van der Waals surface area (Å²) in [6.07, 6.45) is 3.88. The van der Waals surface area contributed by atoms with E-state index in [2.05, 4.69) is 12.2 Å². The van der Waals surface area contributed by atoms with E-state index in [1.807, 2.05) is 6.92 Å². The number of amides is 1. The minimum absolute atomic E-state index is 0.0269. The summed E-state index contributed by atoms with van der Waals surface area (Å²) in [5.41, 5.74) is 0.648. The molecular weight excluding hydrogens is 282 g/mol. The molecule has 0 bridgehead atoms. The Morgan fingerprint density at radius 3 is 2.09 bits per heavy atom. The van der Waals surface area contributed by atoms with Crippen LogP contribution in [0.4, 0.5) is 5.69 Å². The summed E-state index contributed by atoms with van der Waals surface area (Å²) >= 11 is 0. The summed E-state index contributed by atoms with van der Waals surface area (Å²) in [5, 5.41) is 2.95. The van der Waals surface area contributed by atoms with Crippen LogP contribution < -0.4 is 19.5 Å². The third kappa shape index (κ3) is 4.55. The van der Waals surface area contributed by atoms with E-state index in [9.17, 15) is 4.79 Å². The van der Waals surface area contributed by atoms with Crippen LogP contribution in [0.2, 0.25) is 0 Å². The van der Waals surface area contributed by atoms with Crippen LogP contribution in [-0.2, 0) is 4.79 Å². The minimum Gasteiger partial charge on any atom is -0.493 e. The highest BCUT2D eigenvalue weighted by atomic mass is 16.5. The van der Waals surface area contributed by atoms with Gasteiger partial charge < -0.3 is 19.5 Å². The molecule has 0 aliphatic heterocycles. The average Bonchev–Trinajstić information content (AvgIpc) is 2.54. The van der Waals surface area contributed by atoms with Crippen LogP contribution >= 0.6 is 0 Å². The number of methoxy groups -OCH3 is 3. The largest absolute Gasteiger partial charge is 0.493 e. The smallest absolute Gasteiger partial charge is 0.227 e. The van der Waals surface area contributed by atoms with Crippen molar-refractivity contribution in [1.29, 1.82) is 0 Å². The molecule has 1 aromatic carbocycles. The first-order valence-electron chi connectivity index (χ1n) is 7.72. The number of unbranched alkanes of at least 4 members (excludes halogenated alkanes) is 1. The van der Waals surface area contributed by atoms with E-state index in [0.29, 0.717) is 22.9 Å². The van der Waals surface area contributed by atoms with Crippen LogP contribution in [0.1, 0.15) is 39.5 Å². The van der Waals surface area contributed by atoms with Crippen molar-refractivity contribution in [2.45, 2.75) is 39.5 Å². The first kappa shape index (κ1) is 18.1. The molecule has 1 amide bonds. The zero-order valence-electron chi connectivity index (χ0n) is 14.2. The van der Waals surface area contributed by atoms with Gasteiger partial charge in [0.2, 0.25) is 11.7 Å². The minimum atomic E-state index is 0.0269. The van der Waals surface area contributed by atoms with E-state index in [1.54, 1.807) is 33.5 Å². The van der Waals surface area contributed by atoms with Gasteiger partial charge in [0, 0.05) is 23.7 Å². The number of ether oxygens (including phenoxy) is 3. The van der Waals surface area contributed by atoms with Gasteiger partial charge in [0.15, 0.2) is 11.5 Å². The standard InChI is InChI=1S/C17H27NO4/c1-6-8-9-12(7-2)17(19)18-13-10-14(20-3)16(22-5)15(11-13)21-4/h10-12H,6-9H2,1-5H3,(H,18,19). The van der Waals surface area contributed by atoms with E-state index in [0.717, 1.165) is 25.7 Å². The molecule has 0 aromatic heterocycles. The number of carbonyl (C=O) groups excluding carboxylic acids is 1. The second-order valence-electron chi connectivity index (χ2n) is 5.15. The van der Waals surface area contributed by atoms with Crippen LogP contribution in [-0.4, -0.2) is 27.2 Å². The quantitative estimate of drug-likeness (QED) is 0.752. The molecule has 1 aromatic rings. The van der Waals surface area contributed by atoms with Crippen LogP contribution in [0.5, 0.6) is 17.2 Å². The summed E-state index contributed by atoms with van der Waals surface area (Å²) in [6.45, 7) is 4.17. The van der Waals surface area contributed by atoms with Gasteiger partial charge in [0.05, 0.1) is 21.3 Å². The van der Waals surface area contributed by atoms with Gasteiger partial charge in [-0.1, -0.05) is 26.7 Å². The Morgan fingerprint density at radius 1 is 1.09 bits per heavy atom. The number of hydrogen-bond donors (Lipinski definition) is 1. The second kappa shape index (κ2) is 9.18. The molecule has 22 heavy (non-hydrogen) atoms. The highest BCUT2D eigenvalue weighted by Gasteiger charge is 2.18. The van der Waals surface area contributed by atoms with Gasteiger partial charge in [-0.15, -0.1) is 0 Å². The molecule has 0 saturated carbocycles. The van der Waals surface area contributed by atoms with E-state index in [4.69, 9.17) is 14.2 Å². The number of rotatable bonds is 9. The monoisotopic (exact) mass is 309 g/mol. The molecule has 5 heteroatoms. The molecule has 0 aliphatic rings. The molecular formula is C17H27NO4. The summed E-state index contributed by atoms with van der Waals surface area (Å²) in [7, 11) is 4.66. The Bertz CT molecular complexity index is 463. The van der Waals surface area contributed by atoms with Crippen molar-refractivity contribution in [3.05, 3.63) is 12.1 Å². The molecule has 0 spiro atoms. The SMILES string of the molecule is CCCCC(CC)C(=O)Nc1cc(OC)c(OC)c(OC)c1. The number of benzene rings is 1. The lowest BCUT2D eigenvalue weighted by molar-refractivity contribution is -0.120. The number of anilines is 1. The van der Waals surface area contributed by atoms with E-state index < -0.39 is 0 Å². The second-order valence-corrected chi connectivity index (χ2v) is 5.15. The fraction of sp³-hybridized carbons (Fsp3) is 0.588. The van der Waals surface area contributed by atoms with Gasteiger partial charge in [-0.3, -0.25) is 4.79 Å². The van der Waals surface area contributed by atoms with E-state index >= 15 is 0 Å². The number of nitrogens with one attached hydrogen (secondary N) is 1. The Hall–Kier alpha value is -1.91. The normalized spacial score (nSPS) is 11.7. The molecule has 0 saturated heterocycles. The first-order valence-corrected chi connectivity index (χ1v) is 7.72. The van der Waals surface area contributed by atoms with Gasteiger partial charge in [0.1, 0.15) is 0 Å². The third-order valence-electron chi connectivity index (χ3n) is 3.70. The fourth-order valence-electron chi connectivity index (χ4n) is 2.37. The fourth-order valence-corrected chi connectivity index (χ4v) is 2.37. The van der Waals surface area contributed by atoms with Crippen molar-refractivity contribution in [3.8, 4) is 17.2 Å². The van der Waals surface area contributed by atoms with Gasteiger partial charge in [-0.25, -0.2) is 0 Å². The molecule has 1 N–H and O–H groups in total. The lowest BCUT2D eigenvalue weighted by Gasteiger charge is -2.17. The maximum atomic E-state index is 12.4. The summed E-state index contributed by atoms with van der Waals surface area (Å²) in [5.74, 6) is 1.63. The summed E-state index contributed by atoms with van der Waals surface area (Å²) in [6, 6.07) is 3.48.